The Morgan fingerprint density at radius 2 is 2.53 bits per heavy atom. The Labute approximate surface area is 105 Å². The Morgan fingerprint density at radius 3 is 3.18 bits per heavy atom. The lowest BCUT2D eigenvalue weighted by Gasteiger charge is -2.29. The topological polar surface area (TPSA) is 58.4 Å². The van der Waals surface area contributed by atoms with Gasteiger partial charge in [0, 0.05) is 37.7 Å². The van der Waals surface area contributed by atoms with Crippen LogP contribution in [0.15, 0.2) is 12.4 Å². The predicted octanol–water partition coefficient (Wildman–Crippen LogP) is 0.475. The van der Waals surface area contributed by atoms with Gasteiger partial charge in [0.15, 0.2) is 0 Å². The van der Waals surface area contributed by atoms with E-state index in [1.165, 1.54) is 11.8 Å². The van der Waals surface area contributed by atoms with Crippen molar-refractivity contribution >= 4 is 17.7 Å². The maximum absolute atomic E-state index is 11.9. The fourth-order valence-electron chi connectivity index (χ4n) is 1.87. The normalized spacial score (nSPS) is 20.6. The third kappa shape index (κ3) is 3.23. The number of carbonyl (C=O) groups excluding carboxylic acids is 1. The number of amides is 1. The minimum absolute atomic E-state index is 0.109. The van der Waals surface area contributed by atoms with Crippen LogP contribution in [0.25, 0.3) is 0 Å². The fourth-order valence-corrected chi connectivity index (χ4v) is 2.76. The molecule has 0 aromatic carbocycles. The minimum Gasteiger partial charge on any atom is -0.381 e. The van der Waals surface area contributed by atoms with Gasteiger partial charge in [-0.2, -0.15) is 0 Å². The molecule has 0 radical (unpaired) electrons. The van der Waals surface area contributed by atoms with Gasteiger partial charge in [0.2, 0.25) is 5.91 Å². The third-order valence-electron chi connectivity index (χ3n) is 2.89. The maximum Gasteiger partial charge on any atom is 0.224 e. The highest BCUT2D eigenvalue weighted by Crippen LogP contribution is 2.16. The minimum atomic E-state index is -0.428. The Morgan fingerprint density at radius 1 is 1.71 bits per heavy atom. The van der Waals surface area contributed by atoms with Crippen molar-refractivity contribution in [3.8, 4) is 0 Å². The Hall–Kier alpha value is -1.01. The van der Waals surface area contributed by atoms with Crippen LogP contribution in [-0.4, -0.2) is 49.7 Å². The van der Waals surface area contributed by atoms with Crippen LogP contribution in [0.2, 0.25) is 0 Å². The molecule has 0 spiro atoms. The molecule has 2 rings (SSSR count). The highest BCUT2D eigenvalue weighted by molar-refractivity contribution is 7.99. The zero-order valence-corrected chi connectivity index (χ0v) is 10.7. The van der Waals surface area contributed by atoms with E-state index in [1.807, 2.05) is 17.7 Å². The highest BCUT2D eigenvalue weighted by atomic mass is 32.2. The molecule has 1 unspecified atom stereocenters. The number of rotatable bonds is 3. The number of aryl methyl sites for hydroxylation is 2. The van der Waals surface area contributed by atoms with Crippen LogP contribution in [0.5, 0.6) is 0 Å². The van der Waals surface area contributed by atoms with Crippen molar-refractivity contribution in [2.24, 2.45) is 0 Å². The molecule has 6 heteroatoms. The van der Waals surface area contributed by atoms with Crippen LogP contribution in [0, 0.1) is 6.92 Å². The molecule has 0 saturated carbocycles. The summed E-state index contributed by atoms with van der Waals surface area (Å²) in [6.07, 6.45) is 4.08. The molecule has 1 aromatic heterocycles. The summed E-state index contributed by atoms with van der Waals surface area (Å²) >= 11 is 1.50. The number of hydrogen-bond donors (Lipinski definition) is 1. The average Bonchev–Trinajstić information content (AvgIpc) is 2.72. The van der Waals surface area contributed by atoms with Crippen molar-refractivity contribution in [1.82, 2.24) is 14.5 Å². The molecule has 1 fully saturated rings. The molecule has 1 aromatic rings. The van der Waals surface area contributed by atoms with Crippen LogP contribution >= 0.6 is 11.8 Å². The zero-order valence-electron chi connectivity index (χ0n) is 9.87. The van der Waals surface area contributed by atoms with E-state index in [1.54, 1.807) is 11.1 Å². The molecule has 5 nitrogen and oxygen atoms in total. The number of thioether (sulfide) groups is 1. The molecule has 94 valence electrons. The molecule has 2 heterocycles. The summed E-state index contributed by atoms with van der Waals surface area (Å²) in [5, 5.41) is 9.48. The number of imidazole rings is 1. The van der Waals surface area contributed by atoms with Gasteiger partial charge in [-0.15, -0.1) is 11.8 Å². The molecule has 1 atom stereocenters. The predicted molar refractivity (Wildman–Crippen MR) is 66.6 cm³/mol. The molecule has 1 saturated heterocycles. The molecule has 1 aliphatic rings. The lowest BCUT2D eigenvalue weighted by Crippen LogP contribution is -2.42. The first kappa shape index (κ1) is 12.4. The first-order valence-electron chi connectivity index (χ1n) is 5.72. The Balaban J connectivity index is 1.83. The van der Waals surface area contributed by atoms with E-state index in [0.29, 0.717) is 19.5 Å². The van der Waals surface area contributed by atoms with Gasteiger partial charge in [-0.25, -0.2) is 4.98 Å². The summed E-state index contributed by atoms with van der Waals surface area (Å²) < 4.78 is 1.97. The SMILES string of the molecule is Cc1nccn1CCC(=O)N1CCSC(O)C1. The van der Waals surface area contributed by atoms with Crippen molar-refractivity contribution in [3.05, 3.63) is 18.2 Å². The first-order chi connectivity index (χ1) is 8.16. The summed E-state index contributed by atoms with van der Waals surface area (Å²) in [5.74, 6) is 1.85. The summed E-state index contributed by atoms with van der Waals surface area (Å²) in [6, 6.07) is 0. The van der Waals surface area contributed by atoms with E-state index >= 15 is 0 Å². The Bertz CT molecular complexity index is 394. The van der Waals surface area contributed by atoms with Crippen LogP contribution in [-0.2, 0) is 11.3 Å². The van der Waals surface area contributed by atoms with Crippen molar-refractivity contribution in [2.75, 3.05) is 18.8 Å². The summed E-state index contributed by atoms with van der Waals surface area (Å²) in [5.41, 5.74) is -0.428. The number of aromatic nitrogens is 2. The molecule has 17 heavy (non-hydrogen) atoms. The maximum atomic E-state index is 11.9. The highest BCUT2D eigenvalue weighted by Gasteiger charge is 2.21. The first-order valence-corrected chi connectivity index (χ1v) is 6.77. The molecular formula is C11H17N3O2S. The average molecular weight is 255 g/mol. The van der Waals surface area contributed by atoms with E-state index in [2.05, 4.69) is 4.98 Å². The zero-order chi connectivity index (χ0) is 12.3. The van der Waals surface area contributed by atoms with Crippen LogP contribution in [0.4, 0.5) is 0 Å². The lowest BCUT2D eigenvalue weighted by atomic mass is 10.3. The number of aliphatic hydroxyl groups is 1. The van der Waals surface area contributed by atoms with Crippen LogP contribution in [0.3, 0.4) is 0 Å². The number of nitrogens with zero attached hydrogens (tertiary/aromatic N) is 3. The van der Waals surface area contributed by atoms with Gasteiger partial charge in [0.05, 0.1) is 6.54 Å². The van der Waals surface area contributed by atoms with E-state index in [9.17, 15) is 9.90 Å². The monoisotopic (exact) mass is 255 g/mol. The van der Waals surface area contributed by atoms with E-state index in [0.717, 1.165) is 18.1 Å². The smallest absolute Gasteiger partial charge is 0.224 e. The number of aliphatic hydroxyl groups excluding tert-OH is 1. The Kier molecular flexibility index (Phi) is 4.06. The molecule has 0 bridgehead atoms. The molecule has 1 aliphatic heterocycles. The quantitative estimate of drug-likeness (QED) is 0.853. The fraction of sp³-hybridized carbons (Fsp3) is 0.636. The van der Waals surface area contributed by atoms with Gasteiger partial charge in [0.25, 0.3) is 0 Å². The summed E-state index contributed by atoms with van der Waals surface area (Å²) in [4.78, 5) is 17.8. The van der Waals surface area contributed by atoms with Gasteiger partial charge in [0.1, 0.15) is 11.3 Å². The van der Waals surface area contributed by atoms with E-state index < -0.39 is 5.44 Å². The number of hydrogen-bond acceptors (Lipinski definition) is 4. The van der Waals surface area contributed by atoms with Crippen molar-refractivity contribution in [1.29, 1.82) is 0 Å². The molecule has 1 amide bonds. The number of β-amino-alcohol motifs (C(OH)–C–C–N with tert-alkyl or cyclic N) is 1. The summed E-state index contributed by atoms with van der Waals surface area (Å²) in [7, 11) is 0. The van der Waals surface area contributed by atoms with Crippen LogP contribution < -0.4 is 0 Å². The molecule has 1 N–H and O–H groups in total. The molecule has 0 aliphatic carbocycles. The number of carbonyl (C=O) groups is 1. The van der Waals surface area contributed by atoms with Crippen molar-refractivity contribution < 1.29 is 9.90 Å². The van der Waals surface area contributed by atoms with Gasteiger partial charge in [-0.05, 0) is 6.92 Å². The standard InChI is InChI=1S/C11H17N3O2S/c1-9-12-3-5-13(9)4-2-10(15)14-6-7-17-11(16)8-14/h3,5,11,16H,2,4,6-8H2,1H3. The lowest BCUT2D eigenvalue weighted by molar-refractivity contribution is -0.132. The second kappa shape index (κ2) is 5.55. The van der Waals surface area contributed by atoms with Crippen LogP contribution in [0.1, 0.15) is 12.2 Å². The van der Waals surface area contributed by atoms with Gasteiger partial charge < -0.3 is 14.6 Å². The van der Waals surface area contributed by atoms with E-state index in [4.69, 9.17) is 0 Å². The van der Waals surface area contributed by atoms with Gasteiger partial charge in [-0.3, -0.25) is 4.79 Å². The van der Waals surface area contributed by atoms with Crippen molar-refractivity contribution in [3.63, 3.8) is 0 Å². The largest absolute Gasteiger partial charge is 0.381 e. The van der Waals surface area contributed by atoms with Gasteiger partial charge in [-0.1, -0.05) is 0 Å². The second-order valence-electron chi connectivity index (χ2n) is 4.08. The van der Waals surface area contributed by atoms with Crippen molar-refractivity contribution in [2.45, 2.75) is 25.3 Å². The summed E-state index contributed by atoms with van der Waals surface area (Å²) in [6.45, 7) is 3.77. The molecular weight excluding hydrogens is 238 g/mol. The third-order valence-corrected chi connectivity index (χ3v) is 3.84. The van der Waals surface area contributed by atoms with Gasteiger partial charge >= 0.3 is 0 Å². The second-order valence-corrected chi connectivity index (χ2v) is 5.37. The van der Waals surface area contributed by atoms with E-state index in [-0.39, 0.29) is 5.91 Å².